The highest BCUT2D eigenvalue weighted by atomic mass is 16.5. The number of fused-ring (bicyclic) bond motifs is 2. The molecule has 0 amide bonds. The van der Waals surface area contributed by atoms with Crippen LogP contribution in [0.25, 0.3) is 11.0 Å². The highest BCUT2D eigenvalue weighted by Gasteiger charge is 2.22. The number of ether oxygens (including phenoxy) is 2. The number of piperazine rings is 1. The van der Waals surface area contributed by atoms with Gasteiger partial charge in [0.05, 0.1) is 18.9 Å². The number of H-pyrrole nitrogens is 1. The molecule has 7 heteroatoms. The third-order valence-corrected chi connectivity index (χ3v) is 6.05. The Morgan fingerprint density at radius 2 is 1.94 bits per heavy atom. The van der Waals surface area contributed by atoms with Crippen LogP contribution in [0.2, 0.25) is 0 Å². The average molecular weight is 421 g/mol. The van der Waals surface area contributed by atoms with Gasteiger partial charge in [-0.1, -0.05) is 12.1 Å². The second kappa shape index (κ2) is 8.98. The van der Waals surface area contributed by atoms with Crippen molar-refractivity contribution in [1.82, 2.24) is 14.9 Å². The molecule has 0 radical (unpaired) electrons. The Bertz CT molecular complexity index is 1110. The molecule has 1 aromatic carbocycles. The number of hydrogen-bond donors (Lipinski definition) is 1. The van der Waals surface area contributed by atoms with E-state index in [9.17, 15) is 4.79 Å². The number of pyridine rings is 2. The molecule has 31 heavy (non-hydrogen) atoms. The summed E-state index contributed by atoms with van der Waals surface area (Å²) >= 11 is 0. The number of rotatable bonds is 6. The summed E-state index contributed by atoms with van der Waals surface area (Å²) in [5, 5.41) is 0.898. The number of aromatic amines is 1. The third kappa shape index (κ3) is 4.51. The SMILES string of the molecule is O=c1ccc2ccc(OCCCN3CCN(c4cccc5c4OCCC5)CC3)nc2[nH]1. The number of aromatic nitrogens is 2. The van der Waals surface area contributed by atoms with Crippen LogP contribution in [0.4, 0.5) is 5.69 Å². The van der Waals surface area contributed by atoms with E-state index in [1.807, 2.05) is 12.1 Å². The molecule has 162 valence electrons. The fraction of sp³-hybridized carbons (Fsp3) is 0.417. The zero-order valence-corrected chi connectivity index (χ0v) is 17.7. The van der Waals surface area contributed by atoms with Gasteiger partial charge in [0, 0.05) is 50.2 Å². The molecule has 4 heterocycles. The fourth-order valence-electron chi connectivity index (χ4n) is 4.39. The lowest BCUT2D eigenvalue weighted by molar-refractivity contribution is 0.221. The number of para-hydroxylation sites is 1. The third-order valence-electron chi connectivity index (χ3n) is 6.05. The highest BCUT2D eigenvalue weighted by molar-refractivity contribution is 5.74. The second-order valence-electron chi connectivity index (χ2n) is 8.16. The molecule has 1 N–H and O–H groups in total. The molecule has 0 saturated carbocycles. The van der Waals surface area contributed by atoms with E-state index in [4.69, 9.17) is 9.47 Å². The molecule has 1 saturated heterocycles. The molecule has 5 rings (SSSR count). The van der Waals surface area contributed by atoms with E-state index in [0.717, 1.165) is 69.7 Å². The number of aryl methyl sites for hydroxylation is 1. The Hall–Kier alpha value is -3.06. The lowest BCUT2D eigenvalue weighted by Gasteiger charge is -2.37. The van der Waals surface area contributed by atoms with Crippen molar-refractivity contribution < 1.29 is 9.47 Å². The van der Waals surface area contributed by atoms with Crippen molar-refractivity contribution in [3.05, 3.63) is 58.4 Å². The summed E-state index contributed by atoms with van der Waals surface area (Å²) in [4.78, 5) is 23.5. The summed E-state index contributed by atoms with van der Waals surface area (Å²) in [7, 11) is 0. The van der Waals surface area contributed by atoms with Crippen LogP contribution < -0.4 is 19.9 Å². The Kier molecular flexibility index (Phi) is 5.76. The molecule has 0 aliphatic carbocycles. The Morgan fingerprint density at radius 3 is 2.84 bits per heavy atom. The highest BCUT2D eigenvalue weighted by Crippen LogP contribution is 2.35. The van der Waals surface area contributed by atoms with Gasteiger partial charge < -0.3 is 19.4 Å². The number of anilines is 1. The molecule has 2 aliphatic heterocycles. The maximum atomic E-state index is 11.5. The van der Waals surface area contributed by atoms with Gasteiger partial charge >= 0.3 is 0 Å². The molecule has 0 bridgehead atoms. The van der Waals surface area contributed by atoms with E-state index in [2.05, 4.69) is 38.0 Å². The van der Waals surface area contributed by atoms with Gasteiger partial charge in [-0.3, -0.25) is 9.69 Å². The maximum Gasteiger partial charge on any atom is 0.249 e. The predicted molar refractivity (Wildman–Crippen MR) is 121 cm³/mol. The molecule has 7 nitrogen and oxygen atoms in total. The van der Waals surface area contributed by atoms with Crippen LogP contribution in [0.5, 0.6) is 11.6 Å². The van der Waals surface area contributed by atoms with E-state index in [0.29, 0.717) is 18.1 Å². The molecule has 1 fully saturated rings. The van der Waals surface area contributed by atoms with Gasteiger partial charge in [-0.25, -0.2) is 0 Å². The number of nitrogens with zero attached hydrogens (tertiary/aromatic N) is 3. The zero-order chi connectivity index (χ0) is 21.0. The first-order valence-electron chi connectivity index (χ1n) is 11.1. The van der Waals surface area contributed by atoms with Crippen LogP contribution in [0.3, 0.4) is 0 Å². The first-order valence-corrected chi connectivity index (χ1v) is 11.1. The average Bonchev–Trinajstić information content (AvgIpc) is 2.81. The van der Waals surface area contributed by atoms with Gasteiger partial charge in [0.2, 0.25) is 11.4 Å². The molecule has 0 unspecified atom stereocenters. The van der Waals surface area contributed by atoms with E-state index in [-0.39, 0.29) is 5.56 Å². The standard InChI is InChI=1S/C24H28N4O3/c29-21-9-7-19-8-10-22(26-24(19)25-21)30-17-3-11-27-12-14-28(15-13-27)20-6-1-4-18-5-2-16-31-23(18)20/h1,4,6-10H,2-3,5,11-17H2,(H,25,26,29). The lowest BCUT2D eigenvalue weighted by atomic mass is 10.0. The number of nitrogens with one attached hydrogen (secondary N) is 1. The molecule has 0 atom stereocenters. The number of benzene rings is 1. The van der Waals surface area contributed by atoms with Crippen molar-refractivity contribution >= 4 is 16.7 Å². The Labute approximate surface area is 181 Å². The van der Waals surface area contributed by atoms with Gasteiger partial charge in [0.15, 0.2) is 0 Å². The van der Waals surface area contributed by atoms with Gasteiger partial charge in [0.25, 0.3) is 0 Å². The van der Waals surface area contributed by atoms with Crippen LogP contribution >= 0.6 is 0 Å². The van der Waals surface area contributed by atoms with Crippen LogP contribution in [0, 0.1) is 0 Å². The van der Waals surface area contributed by atoms with E-state index >= 15 is 0 Å². The smallest absolute Gasteiger partial charge is 0.249 e. The van der Waals surface area contributed by atoms with Crippen LogP contribution in [-0.2, 0) is 6.42 Å². The fourth-order valence-corrected chi connectivity index (χ4v) is 4.39. The number of hydrogen-bond acceptors (Lipinski definition) is 6. The molecular formula is C24H28N4O3. The summed E-state index contributed by atoms with van der Waals surface area (Å²) in [5.74, 6) is 1.65. The minimum absolute atomic E-state index is 0.154. The largest absolute Gasteiger partial charge is 0.491 e. The maximum absolute atomic E-state index is 11.5. The van der Waals surface area contributed by atoms with Crippen LogP contribution in [0.1, 0.15) is 18.4 Å². The molecular weight excluding hydrogens is 392 g/mol. The molecule has 0 spiro atoms. The van der Waals surface area contributed by atoms with Gasteiger partial charge in [-0.2, -0.15) is 4.98 Å². The van der Waals surface area contributed by atoms with Crippen molar-refractivity contribution in [3.63, 3.8) is 0 Å². The summed E-state index contributed by atoms with van der Waals surface area (Å²) in [5.41, 5.74) is 3.00. The van der Waals surface area contributed by atoms with Crippen LogP contribution in [0.15, 0.2) is 47.3 Å². The van der Waals surface area contributed by atoms with Gasteiger partial charge in [-0.05, 0) is 43.0 Å². The normalized spacial score (nSPS) is 16.7. The van der Waals surface area contributed by atoms with E-state index < -0.39 is 0 Å². The van der Waals surface area contributed by atoms with Crippen molar-refractivity contribution in [3.8, 4) is 11.6 Å². The Balaban J connectivity index is 1.09. The first kappa shape index (κ1) is 19.9. The summed E-state index contributed by atoms with van der Waals surface area (Å²) < 4.78 is 11.8. The van der Waals surface area contributed by atoms with Crippen molar-refractivity contribution in [2.75, 3.05) is 50.8 Å². The molecule has 2 aliphatic rings. The second-order valence-corrected chi connectivity index (χ2v) is 8.16. The topological polar surface area (TPSA) is 70.7 Å². The first-order chi connectivity index (χ1) is 15.3. The van der Waals surface area contributed by atoms with Crippen molar-refractivity contribution in [2.24, 2.45) is 0 Å². The Morgan fingerprint density at radius 1 is 1.06 bits per heavy atom. The van der Waals surface area contributed by atoms with Gasteiger partial charge in [-0.15, -0.1) is 0 Å². The lowest BCUT2D eigenvalue weighted by Crippen LogP contribution is -2.47. The van der Waals surface area contributed by atoms with Crippen molar-refractivity contribution in [2.45, 2.75) is 19.3 Å². The summed E-state index contributed by atoms with van der Waals surface area (Å²) in [6, 6.07) is 13.6. The summed E-state index contributed by atoms with van der Waals surface area (Å²) in [6.45, 7) is 6.54. The molecule has 2 aromatic heterocycles. The quantitative estimate of drug-likeness (QED) is 0.619. The minimum atomic E-state index is -0.154. The van der Waals surface area contributed by atoms with Crippen LogP contribution in [-0.4, -0.2) is 60.8 Å². The molecule has 3 aromatic rings. The predicted octanol–water partition coefficient (Wildman–Crippen LogP) is 2.84. The van der Waals surface area contributed by atoms with Gasteiger partial charge in [0.1, 0.15) is 11.4 Å². The monoisotopic (exact) mass is 420 g/mol. The van der Waals surface area contributed by atoms with Crippen molar-refractivity contribution in [1.29, 1.82) is 0 Å². The minimum Gasteiger partial charge on any atom is -0.491 e. The van der Waals surface area contributed by atoms with E-state index in [1.54, 1.807) is 6.07 Å². The zero-order valence-electron chi connectivity index (χ0n) is 17.7. The van der Waals surface area contributed by atoms with E-state index in [1.165, 1.54) is 17.3 Å². The summed E-state index contributed by atoms with van der Waals surface area (Å²) in [6.07, 6.45) is 3.17.